The summed E-state index contributed by atoms with van der Waals surface area (Å²) in [6.45, 7) is 50.9. The second-order valence-electron chi connectivity index (χ2n) is 22.2. The zero-order valence-corrected chi connectivity index (χ0v) is 59.7. The number of rotatable bonds is 20. The van der Waals surface area contributed by atoms with Crippen LogP contribution in [0.15, 0.2) is 0 Å². The van der Waals surface area contributed by atoms with Gasteiger partial charge < -0.3 is 37.8 Å². The van der Waals surface area contributed by atoms with Crippen LogP contribution in [-0.4, -0.2) is 105 Å². The van der Waals surface area contributed by atoms with E-state index in [0.717, 1.165) is 0 Å². The van der Waals surface area contributed by atoms with E-state index in [2.05, 4.69) is 50.3 Å². The summed E-state index contributed by atoms with van der Waals surface area (Å²) in [4.78, 5) is 19.9. The normalized spacial score (nSPS) is 13.4. The van der Waals surface area contributed by atoms with Crippen LogP contribution in [0.2, 0.25) is 0 Å². The van der Waals surface area contributed by atoms with Gasteiger partial charge in [-0.1, -0.05) is 87.6 Å². The summed E-state index contributed by atoms with van der Waals surface area (Å²) >= 11 is 12.4. The molecule has 0 bridgehead atoms. The van der Waals surface area contributed by atoms with E-state index in [-0.39, 0.29) is 80.9 Å². The molecule has 15 nitrogen and oxygen atoms in total. The van der Waals surface area contributed by atoms with Gasteiger partial charge in [-0.05, 0) is 150 Å². The van der Waals surface area contributed by atoms with E-state index in [4.69, 9.17) is 59.8 Å². The fraction of sp³-hybridized carbons (Fsp3) is 1.00. The minimum Gasteiger partial charge on any atom is -0.756 e. The largest absolute Gasteiger partial charge is 1.00 e. The maximum absolute atomic E-state index is 12.1. The van der Waals surface area contributed by atoms with Crippen LogP contribution in [-0.2, 0) is 49.9 Å². The molecule has 424 valence electrons. The molecule has 0 saturated carbocycles. The third-order valence-corrected chi connectivity index (χ3v) is 12.3. The summed E-state index contributed by atoms with van der Waals surface area (Å²) in [5.74, 6) is 0. The predicted molar refractivity (Wildman–Crippen MR) is 302 cm³/mol. The summed E-state index contributed by atoms with van der Waals surface area (Å²) in [6, 6.07) is -0.233. The van der Waals surface area contributed by atoms with Crippen molar-refractivity contribution >= 4 is 88.8 Å². The molecular formula is C45H107Cl3IKNO14P4+. The molecule has 24 heteroatoms. The maximum atomic E-state index is 12.1. The molecule has 3 N–H and O–H groups in total. The fourth-order valence-electron chi connectivity index (χ4n) is 5.30. The van der Waals surface area contributed by atoms with Crippen LogP contribution in [0.25, 0.3) is 0 Å². The number of nitrogens with zero attached hydrogens (tertiary/aromatic N) is 1. The number of halogens is 4. The van der Waals surface area contributed by atoms with Crippen molar-refractivity contribution in [3.63, 3.8) is 0 Å². The number of hydrogen-bond donors (Lipinski definition) is 1. The van der Waals surface area contributed by atoms with Gasteiger partial charge in [0.15, 0.2) is 7.37 Å². The Morgan fingerprint density at radius 3 is 0.841 bits per heavy atom. The summed E-state index contributed by atoms with van der Waals surface area (Å²) < 4.78 is 81.9. The van der Waals surface area contributed by atoms with Crippen molar-refractivity contribution < 1.29 is 121 Å². The van der Waals surface area contributed by atoms with E-state index in [0.29, 0.717) is 3.89 Å². The van der Waals surface area contributed by atoms with Crippen molar-refractivity contribution in [3.05, 3.63) is 0 Å². The van der Waals surface area contributed by atoms with Gasteiger partial charge >= 0.3 is 66.8 Å². The average molecular weight is 1280 g/mol. The first kappa shape index (κ1) is 92.1. The van der Waals surface area contributed by atoms with E-state index >= 15 is 0 Å². The molecule has 1 atom stereocenters. The average Bonchev–Trinajstić information content (AvgIpc) is 2.98. The van der Waals surface area contributed by atoms with Gasteiger partial charge in [-0.25, -0.2) is 4.57 Å². The van der Waals surface area contributed by atoms with Gasteiger partial charge in [0.2, 0.25) is 0 Å². The quantitative estimate of drug-likeness (QED) is 0.0396. The Kier molecular flexibility index (Phi) is 58.2. The molecule has 0 aromatic heterocycles. The van der Waals surface area contributed by atoms with Gasteiger partial charge in [0.1, 0.15) is 6.07 Å². The zero-order chi connectivity index (χ0) is 54.3. The monoisotopic (exact) mass is 1280 g/mol. The van der Waals surface area contributed by atoms with Crippen molar-refractivity contribution in [2.24, 2.45) is 0 Å². The molecule has 0 amide bonds. The van der Waals surface area contributed by atoms with Crippen LogP contribution in [0.1, 0.15) is 204 Å². The number of alkyl halides is 3. The van der Waals surface area contributed by atoms with E-state index in [9.17, 15) is 23.2 Å². The van der Waals surface area contributed by atoms with Crippen LogP contribution >= 0.6 is 88.8 Å². The number of quaternary nitrogens is 1. The Bertz CT molecular complexity index is 1280. The van der Waals surface area contributed by atoms with E-state index in [1.165, 1.54) is 88.7 Å². The molecule has 0 aliphatic rings. The van der Waals surface area contributed by atoms with Crippen molar-refractivity contribution in [1.29, 1.82) is 0 Å². The van der Waals surface area contributed by atoms with Crippen molar-refractivity contribution in [2.45, 2.75) is 237 Å². The third-order valence-electron chi connectivity index (χ3n) is 6.63. The molecule has 69 heavy (non-hydrogen) atoms. The van der Waals surface area contributed by atoms with Crippen LogP contribution in [0.5, 0.6) is 0 Å². The van der Waals surface area contributed by atoms with Gasteiger partial charge in [-0.15, -0.1) is 24.0 Å². The molecule has 0 saturated heterocycles. The van der Waals surface area contributed by atoms with Crippen LogP contribution in [0.4, 0.5) is 0 Å². The Balaban J connectivity index is -0.0000000924. The van der Waals surface area contributed by atoms with E-state index in [1.807, 2.05) is 20.8 Å². The fourth-order valence-corrected chi connectivity index (χ4v) is 11.0. The zero-order valence-electron chi connectivity index (χ0n) is 48.5. The number of hydrogen-bond acceptors (Lipinski definition) is 12. The van der Waals surface area contributed by atoms with Crippen molar-refractivity contribution in [2.75, 3.05) is 56.1 Å². The van der Waals surface area contributed by atoms with Gasteiger partial charge in [0, 0.05) is 20.0 Å². The predicted octanol–water partition coefficient (Wildman–Crippen LogP) is 13.2. The number of phosphoric acid groups is 2. The Morgan fingerprint density at radius 1 is 0.507 bits per heavy atom. The Hall–Kier alpha value is 3.72. The molecule has 0 radical (unpaired) electrons. The maximum Gasteiger partial charge on any atom is 1.00 e. The first-order chi connectivity index (χ1) is 29.0. The summed E-state index contributed by atoms with van der Waals surface area (Å²) in [6.07, 6.45) is 11.1. The first-order valence-electron chi connectivity index (χ1n) is 23.1. The molecule has 0 heterocycles. The van der Waals surface area contributed by atoms with Crippen LogP contribution in [0.3, 0.4) is 0 Å². The molecule has 0 aromatic rings. The second kappa shape index (κ2) is 43.6. The van der Waals surface area contributed by atoms with Gasteiger partial charge in [0.05, 0.1) is 63.7 Å². The van der Waals surface area contributed by atoms with Crippen molar-refractivity contribution in [3.8, 4) is 0 Å². The van der Waals surface area contributed by atoms with E-state index in [1.54, 1.807) is 117 Å². The Labute approximate surface area is 498 Å². The molecule has 0 fully saturated rings. The number of phosphoric ester groups is 2. The van der Waals surface area contributed by atoms with Gasteiger partial charge in [-0.3, -0.25) is 27.3 Å². The van der Waals surface area contributed by atoms with E-state index < -0.39 is 58.6 Å². The van der Waals surface area contributed by atoms with Crippen LogP contribution < -0.4 is 56.3 Å². The summed E-state index contributed by atoms with van der Waals surface area (Å²) in [5, 5.41) is 0. The minimum absolute atomic E-state index is 0. The molecule has 0 aliphatic heterocycles. The summed E-state index contributed by atoms with van der Waals surface area (Å²) in [5.41, 5.74) is -3.54. The SMILES string of the molecule is CC(C)(C)OP(=O)(OCCl)OC(C)(C)C.CC(C)(C)OP(=O)([O-])OC(C)(C)C.CC(C)(C)OP(C)(=O)O.CC(C)(C)OP(C)(C)=O.CCCC[N+](CCCC)(CCCC)CCCC.Cl.ClCI.O.[K+]. The topological polar surface area (TPSA) is 208 Å². The molecular weight excluding hydrogens is 1170 g/mol. The minimum atomic E-state index is -4.19. The smallest absolute Gasteiger partial charge is 0.756 e. The van der Waals surface area contributed by atoms with Crippen LogP contribution in [0, 0.1) is 0 Å². The van der Waals surface area contributed by atoms with Crippen molar-refractivity contribution in [1.82, 2.24) is 0 Å². The first-order valence-corrected chi connectivity index (χ1v) is 33.2. The second-order valence-corrected chi connectivity index (χ2v) is 31.6. The summed E-state index contributed by atoms with van der Waals surface area (Å²) in [7, 11) is -13.4. The van der Waals surface area contributed by atoms with Gasteiger partial charge in [0.25, 0.3) is 7.82 Å². The Morgan fingerprint density at radius 2 is 0.725 bits per heavy atom. The molecule has 0 aromatic carbocycles. The number of unbranched alkanes of at least 4 members (excludes halogenated alkanes) is 4. The van der Waals surface area contributed by atoms with Gasteiger partial charge in [-0.2, -0.15) is 0 Å². The molecule has 0 spiro atoms. The third kappa shape index (κ3) is 85.9. The standard InChI is InChI=1S/C16H36N.C9H20ClO4P.C8H19O4P.C6H15O2P.C5H13O3P.CH2ClI.ClH.K.H2O/c1-5-9-13-17(14-10-6-2,15-11-7-3)16-12-8-4;1-8(2,3)13-15(11,12-7-10)14-9(4,5)6;1-7(2,3)11-13(9,10)12-8(4,5)6;1-6(2,3)8-9(4,5)7;1-5(2,3)8-9(4,6)7;2-1-3;;;/h5-16H2,1-4H3;7H2,1-6H3;1-6H3,(H,9,10);1-5H3;1-4H3,(H,6,7);1H2;1H;;1H2/q+1;;;;;;;+1;/p-1. The molecule has 0 rings (SSSR count). The molecule has 0 aliphatic carbocycles. The molecule has 1 unspecified atom stereocenters.